The van der Waals surface area contributed by atoms with Gasteiger partial charge in [-0.3, -0.25) is 0 Å². The van der Waals surface area contributed by atoms with Crippen molar-refractivity contribution in [2.24, 2.45) is 5.73 Å². The quantitative estimate of drug-likeness (QED) is 0.324. The van der Waals surface area contributed by atoms with Crippen molar-refractivity contribution in [1.29, 1.82) is 0 Å². The molecule has 0 heterocycles. The van der Waals surface area contributed by atoms with Crippen LogP contribution in [0.25, 0.3) is 0 Å². The highest BCUT2D eigenvalue weighted by atomic mass is 16.4. The third-order valence-electron chi connectivity index (χ3n) is 1.13. The Morgan fingerprint density at radius 3 is 2.30 bits per heavy atom. The summed E-state index contributed by atoms with van der Waals surface area (Å²) in [6, 6.07) is -1.14. The lowest BCUT2D eigenvalue weighted by Crippen LogP contribution is -2.45. The van der Waals surface area contributed by atoms with E-state index >= 15 is 0 Å². The fourth-order valence-corrected chi connectivity index (χ4v) is 0.445. The molecule has 0 fully saturated rings. The third-order valence-corrected chi connectivity index (χ3v) is 1.13. The summed E-state index contributed by atoms with van der Waals surface area (Å²) in [7, 11) is 0. The molecule has 3 unspecified atom stereocenters. The highest BCUT2D eigenvalue weighted by Gasteiger charge is 2.21. The molecule has 3 atom stereocenters. The van der Waals surface area contributed by atoms with Crippen LogP contribution in [0.1, 0.15) is 0 Å². The molecule has 0 aliphatic heterocycles. The number of aliphatic hydroxyl groups is 3. The van der Waals surface area contributed by atoms with Crippen LogP contribution in [-0.4, -0.2) is 46.5 Å². The molecule has 10 heavy (non-hydrogen) atoms. The smallest absolute Gasteiger partial charge is 0.139 e. The van der Waals surface area contributed by atoms with Gasteiger partial charge >= 0.3 is 0 Å². The monoisotopic (exact) mass is 149 g/mol. The van der Waals surface area contributed by atoms with Crippen molar-refractivity contribution in [2.75, 3.05) is 6.61 Å². The fourth-order valence-electron chi connectivity index (χ4n) is 0.445. The molecule has 0 aromatic heterocycles. The molecule has 0 aliphatic rings. The fraction of sp³-hybridized carbons (Fsp3) is 0.800. The molecular weight excluding hydrogens is 138 g/mol. The Bertz CT molecular complexity index is 108. The molecule has 0 saturated heterocycles. The second-order valence-electron chi connectivity index (χ2n) is 1.95. The number of aldehydes is 1. The van der Waals surface area contributed by atoms with Crippen molar-refractivity contribution in [1.82, 2.24) is 0 Å². The summed E-state index contributed by atoms with van der Waals surface area (Å²) in [5.74, 6) is 0. The van der Waals surface area contributed by atoms with Crippen LogP contribution in [0.4, 0.5) is 0 Å². The Labute approximate surface area is 58.1 Å². The maximum atomic E-state index is 9.89. The number of hydrogen-bond donors (Lipinski definition) is 4. The highest BCUT2D eigenvalue weighted by molar-refractivity contribution is 5.58. The third kappa shape index (κ3) is 2.40. The standard InChI is InChI=1S/C5H11NO4/c6-3(1-7)5(10)4(9)2-8/h1,3-5,8-10H,2,6H2. The van der Waals surface area contributed by atoms with E-state index in [9.17, 15) is 4.79 Å². The minimum absolute atomic E-state index is 0.309. The topological polar surface area (TPSA) is 104 Å². The second kappa shape index (κ2) is 4.35. The Kier molecular flexibility index (Phi) is 4.13. The minimum Gasteiger partial charge on any atom is -0.394 e. The average molecular weight is 149 g/mol. The van der Waals surface area contributed by atoms with Gasteiger partial charge in [0.05, 0.1) is 12.6 Å². The van der Waals surface area contributed by atoms with Crippen LogP contribution < -0.4 is 5.73 Å². The Morgan fingerprint density at radius 2 is 2.00 bits per heavy atom. The Morgan fingerprint density at radius 1 is 1.50 bits per heavy atom. The highest BCUT2D eigenvalue weighted by Crippen LogP contribution is 1.94. The normalized spacial score (nSPS) is 19.6. The van der Waals surface area contributed by atoms with Crippen LogP contribution in [0, 0.1) is 0 Å². The number of carbonyl (C=O) groups excluding carboxylic acids is 1. The van der Waals surface area contributed by atoms with Crippen molar-refractivity contribution in [3.05, 3.63) is 0 Å². The summed E-state index contributed by atoms with van der Waals surface area (Å²) < 4.78 is 0. The molecule has 0 saturated carbocycles. The van der Waals surface area contributed by atoms with E-state index in [1.54, 1.807) is 0 Å². The Balaban J connectivity index is 3.80. The van der Waals surface area contributed by atoms with Gasteiger partial charge in [-0.2, -0.15) is 0 Å². The zero-order chi connectivity index (χ0) is 8.15. The van der Waals surface area contributed by atoms with Crippen LogP contribution >= 0.6 is 0 Å². The molecule has 0 amide bonds. The molecular formula is C5H11NO4. The van der Waals surface area contributed by atoms with Crippen molar-refractivity contribution < 1.29 is 20.1 Å². The molecule has 0 rings (SSSR count). The largest absolute Gasteiger partial charge is 0.394 e. The van der Waals surface area contributed by atoms with Gasteiger partial charge in [-0.15, -0.1) is 0 Å². The summed E-state index contributed by atoms with van der Waals surface area (Å²) in [6.07, 6.45) is -2.42. The molecule has 0 spiro atoms. The van der Waals surface area contributed by atoms with Gasteiger partial charge in [-0.05, 0) is 0 Å². The molecule has 0 aliphatic carbocycles. The van der Waals surface area contributed by atoms with Gasteiger partial charge < -0.3 is 25.8 Å². The van der Waals surface area contributed by atoms with E-state index in [0.717, 1.165) is 0 Å². The van der Waals surface area contributed by atoms with Crippen LogP contribution in [0.2, 0.25) is 0 Å². The van der Waals surface area contributed by atoms with Crippen molar-refractivity contribution in [3.8, 4) is 0 Å². The molecule has 5 N–H and O–H groups in total. The van der Waals surface area contributed by atoms with Crippen LogP contribution in [0.15, 0.2) is 0 Å². The van der Waals surface area contributed by atoms with E-state index in [0.29, 0.717) is 6.29 Å². The summed E-state index contributed by atoms with van der Waals surface area (Å²) in [5, 5.41) is 25.8. The number of hydrogen-bond acceptors (Lipinski definition) is 5. The van der Waals surface area contributed by atoms with Gasteiger partial charge in [0.15, 0.2) is 0 Å². The van der Waals surface area contributed by atoms with E-state index in [2.05, 4.69) is 0 Å². The van der Waals surface area contributed by atoms with Crippen molar-refractivity contribution in [2.45, 2.75) is 18.2 Å². The summed E-state index contributed by atoms with van der Waals surface area (Å²) >= 11 is 0. The van der Waals surface area contributed by atoms with Gasteiger partial charge in [0.2, 0.25) is 0 Å². The predicted octanol–water partition coefficient (Wildman–Crippen LogP) is -2.77. The number of rotatable bonds is 4. The molecule has 0 radical (unpaired) electrons. The average Bonchev–Trinajstić information content (AvgIpc) is 2.00. The summed E-state index contributed by atoms with van der Waals surface area (Å²) in [6.45, 7) is -0.608. The van der Waals surface area contributed by atoms with Gasteiger partial charge in [-0.1, -0.05) is 0 Å². The Hall–Kier alpha value is -0.490. The second-order valence-corrected chi connectivity index (χ2v) is 1.95. The number of nitrogens with two attached hydrogens (primary N) is 1. The summed E-state index contributed by atoms with van der Waals surface area (Å²) in [4.78, 5) is 9.89. The zero-order valence-corrected chi connectivity index (χ0v) is 5.34. The lowest BCUT2D eigenvalue weighted by atomic mass is 10.1. The summed E-state index contributed by atoms with van der Waals surface area (Å²) in [5.41, 5.74) is 5.00. The van der Waals surface area contributed by atoms with Crippen LogP contribution in [-0.2, 0) is 4.79 Å². The van der Waals surface area contributed by atoms with Crippen LogP contribution in [0.3, 0.4) is 0 Å². The molecule has 0 aromatic rings. The maximum Gasteiger partial charge on any atom is 0.139 e. The first-order chi connectivity index (χ1) is 4.63. The van der Waals surface area contributed by atoms with Gasteiger partial charge in [0.1, 0.15) is 18.5 Å². The van der Waals surface area contributed by atoms with Crippen molar-refractivity contribution >= 4 is 6.29 Å². The lowest BCUT2D eigenvalue weighted by Gasteiger charge is -2.17. The molecule has 5 heteroatoms. The van der Waals surface area contributed by atoms with E-state index in [1.165, 1.54) is 0 Å². The predicted molar refractivity (Wildman–Crippen MR) is 33.1 cm³/mol. The van der Waals surface area contributed by atoms with E-state index in [4.69, 9.17) is 21.1 Å². The van der Waals surface area contributed by atoms with Gasteiger partial charge in [0.25, 0.3) is 0 Å². The molecule has 0 bridgehead atoms. The SMILES string of the molecule is NC(C=O)C(O)C(O)CO. The van der Waals surface area contributed by atoms with Gasteiger partial charge in [-0.25, -0.2) is 0 Å². The zero-order valence-electron chi connectivity index (χ0n) is 5.34. The first-order valence-electron chi connectivity index (χ1n) is 2.81. The minimum atomic E-state index is -1.39. The lowest BCUT2D eigenvalue weighted by molar-refractivity contribution is -0.114. The van der Waals surface area contributed by atoms with E-state index in [-0.39, 0.29) is 0 Å². The van der Waals surface area contributed by atoms with Gasteiger partial charge in [0, 0.05) is 0 Å². The van der Waals surface area contributed by atoms with E-state index < -0.39 is 24.9 Å². The molecule has 5 nitrogen and oxygen atoms in total. The van der Waals surface area contributed by atoms with Crippen LogP contribution in [0.5, 0.6) is 0 Å². The number of aliphatic hydroxyl groups excluding tert-OH is 3. The van der Waals surface area contributed by atoms with Crippen molar-refractivity contribution in [3.63, 3.8) is 0 Å². The first-order valence-corrected chi connectivity index (χ1v) is 2.81. The first kappa shape index (κ1) is 9.51. The number of carbonyl (C=O) groups is 1. The molecule has 60 valence electrons. The molecule has 0 aromatic carbocycles. The maximum absolute atomic E-state index is 9.89. The van der Waals surface area contributed by atoms with E-state index in [1.807, 2.05) is 0 Å².